The number of nitrogens with two attached hydrogens (primary N) is 3. The summed E-state index contributed by atoms with van der Waals surface area (Å²) in [5, 5.41) is 9.59. The fourth-order valence-corrected chi connectivity index (χ4v) is 3.33. The third-order valence-corrected chi connectivity index (χ3v) is 5.09. The highest BCUT2D eigenvalue weighted by Crippen LogP contribution is 2.23. The molecule has 0 unspecified atom stereocenters. The van der Waals surface area contributed by atoms with Crippen molar-refractivity contribution in [1.29, 1.82) is 0 Å². The fourth-order valence-electron chi connectivity index (χ4n) is 3.33. The van der Waals surface area contributed by atoms with Gasteiger partial charge in [0.2, 0.25) is 0 Å². The van der Waals surface area contributed by atoms with Crippen LogP contribution in [0.5, 0.6) is 0 Å². The van der Waals surface area contributed by atoms with Crippen molar-refractivity contribution in [1.82, 2.24) is 0 Å². The molecule has 0 aliphatic carbocycles. The molecule has 0 spiro atoms. The van der Waals surface area contributed by atoms with Gasteiger partial charge in [0, 0.05) is 13.0 Å². The number of benzene rings is 2. The van der Waals surface area contributed by atoms with Crippen molar-refractivity contribution < 1.29 is 27.9 Å². The number of ketones is 1. The van der Waals surface area contributed by atoms with Gasteiger partial charge in [-0.1, -0.05) is 42.8 Å². The second kappa shape index (κ2) is 13.8. The van der Waals surface area contributed by atoms with Gasteiger partial charge in [-0.05, 0) is 60.5 Å². The van der Waals surface area contributed by atoms with E-state index in [0.717, 1.165) is 38.5 Å². The highest BCUT2D eigenvalue weighted by Gasteiger charge is 2.38. The first-order valence-corrected chi connectivity index (χ1v) is 10.6. The standard InChI is InChI=1S/C21H31N3O.C2HF3O2/c22-14-6-5-10-20(24)21(25)11-4-2-8-17-13-12-16-7-1-3-9-18(16)19(17)15-23;3-2(4,5)1(6)7/h1,3,7,9,12-13,20H,2,4-6,8,10-11,14-15,22-24H2;(H,6,7)/t20-;/m0./s1. The average molecular weight is 456 g/mol. The quantitative estimate of drug-likeness (QED) is 0.382. The number of fused-ring (bicyclic) bond motifs is 1. The molecule has 6 nitrogen and oxygen atoms in total. The van der Waals surface area contributed by atoms with Gasteiger partial charge >= 0.3 is 12.1 Å². The van der Waals surface area contributed by atoms with Gasteiger partial charge in [-0.3, -0.25) is 4.79 Å². The molecule has 1 atom stereocenters. The van der Waals surface area contributed by atoms with Gasteiger partial charge in [0.25, 0.3) is 0 Å². The number of carbonyl (C=O) groups is 2. The van der Waals surface area contributed by atoms with Crippen molar-refractivity contribution in [3.63, 3.8) is 0 Å². The van der Waals surface area contributed by atoms with Crippen LogP contribution >= 0.6 is 0 Å². The maximum atomic E-state index is 12.1. The molecule has 32 heavy (non-hydrogen) atoms. The van der Waals surface area contributed by atoms with Crippen molar-refractivity contribution in [3.8, 4) is 0 Å². The summed E-state index contributed by atoms with van der Waals surface area (Å²) in [7, 11) is 0. The Morgan fingerprint density at radius 3 is 2.22 bits per heavy atom. The molecule has 0 fully saturated rings. The lowest BCUT2D eigenvalue weighted by Gasteiger charge is -2.12. The van der Waals surface area contributed by atoms with Crippen LogP contribution < -0.4 is 17.2 Å². The molecular formula is C23H32F3N3O3. The number of aliphatic carboxylic acids is 1. The van der Waals surface area contributed by atoms with E-state index in [2.05, 4.69) is 30.3 Å². The van der Waals surface area contributed by atoms with E-state index in [1.54, 1.807) is 0 Å². The second-order valence-electron chi connectivity index (χ2n) is 7.50. The largest absolute Gasteiger partial charge is 0.490 e. The van der Waals surface area contributed by atoms with Gasteiger partial charge < -0.3 is 22.3 Å². The first-order valence-electron chi connectivity index (χ1n) is 10.6. The first-order chi connectivity index (χ1) is 15.1. The SMILES string of the molecule is NCCCC[C@H](N)C(=O)CCCCc1ccc2ccccc2c1CN.O=C(O)C(F)(F)F. The number of aryl methyl sites for hydroxylation is 1. The number of carboxylic acid groups (broad SMARTS) is 1. The Morgan fingerprint density at radius 2 is 1.62 bits per heavy atom. The minimum atomic E-state index is -5.08. The Hall–Kier alpha value is -2.49. The second-order valence-corrected chi connectivity index (χ2v) is 7.50. The fraction of sp³-hybridized carbons (Fsp3) is 0.478. The minimum Gasteiger partial charge on any atom is -0.475 e. The molecule has 0 amide bonds. The van der Waals surface area contributed by atoms with Gasteiger partial charge in [-0.15, -0.1) is 0 Å². The predicted molar refractivity (Wildman–Crippen MR) is 119 cm³/mol. The molecule has 2 rings (SSSR count). The molecule has 2 aromatic rings. The molecule has 9 heteroatoms. The van der Waals surface area contributed by atoms with E-state index in [4.69, 9.17) is 27.1 Å². The van der Waals surface area contributed by atoms with Gasteiger partial charge in [-0.25, -0.2) is 4.79 Å². The monoisotopic (exact) mass is 455 g/mol. The van der Waals surface area contributed by atoms with Crippen LogP contribution in [0.3, 0.4) is 0 Å². The number of hydrogen-bond donors (Lipinski definition) is 4. The summed E-state index contributed by atoms with van der Waals surface area (Å²) in [6.07, 6.45) is 0.901. The van der Waals surface area contributed by atoms with Crippen LogP contribution in [0.2, 0.25) is 0 Å². The van der Waals surface area contributed by atoms with E-state index >= 15 is 0 Å². The third-order valence-electron chi connectivity index (χ3n) is 5.09. The van der Waals surface area contributed by atoms with E-state index in [1.165, 1.54) is 21.9 Å². The van der Waals surface area contributed by atoms with Crippen LogP contribution in [0.25, 0.3) is 10.8 Å². The highest BCUT2D eigenvalue weighted by atomic mass is 19.4. The molecule has 0 heterocycles. The molecule has 0 bridgehead atoms. The van der Waals surface area contributed by atoms with Crippen LogP contribution in [0.4, 0.5) is 13.2 Å². The lowest BCUT2D eigenvalue weighted by molar-refractivity contribution is -0.192. The Kier molecular flexibility index (Phi) is 11.9. The lowest BCUT2D eigenvalue weighted by atomic mass is 9.94. The van der Waals surface area contributed by atoms with Crippen LogP contribution in [0.15, 0.2) is 36.4 Å². The highest BCUT2D eigenvalue weighted by molar-refractivity contribution is 5.86. The number of rotatable bonds is 11. The summed E-state index contributed by atoms with van der Waals surface area (Å²) in [4.78, 5) is 21.0. The summed E-state index contributed by atoms with van der Waals surface area (Å²) in [5.41, 5.74) is 19.9. The van der Waals surface area contributed by atoms with Gasteiger partial charge in [0.15, 0.2) is 0 Å². The number of halogens is 3. The zero-order valence-electron chi connectivity index (χ0n) is 18.0. The molecule has 178 valence electrons. The third kappa shape index (κ3) is 9.33. The molecule has 0 aliphatic heterocycles. The predicted octanol–water partition coefficient (Wildman–Crippen LogP) is 3.67. The lowest BCUT2D eigenvalue weighted by Crippen LogP contribution is -2.30. The van der Waals surface area contributed by atoms with E-state index in [0.29, 0.717) is 19.5 Å². The zero-order valence-corrected chi connectivity index (χ0v) is 18.0. The normalized spacial score (nSPS) is 12.2. The van der Waals surface area contributed by atoms with Gasteiger partial charge in [0.05, 0.1) is 6.04 Å². The Morgan fingerprint density at radius 1 is 0.969 bits per heavy atom. The number of alkyl halides is 3. The summed E-state index contributed by atoms with van der Waals surface area (Å²) in [6.45, 7) is 1.21. The molecule has 0 aliphatic rings. The van der Waals surface area contributed by atoms with Crippen LogP contribution in [0, 0.1) is 0 Å². The van der Waals surface area contributed by atoms with Gasteiger partial charge in [-0.2, -0.15) is 13.2 Å². The van der Waals surface area contributed by atoms with Crippen LogP contribution in [-0.2, 0) is 22.6 Å². The van der Waals surface area contributed by atoms with Crippen molar-refractivity contribution >= 4 is 22.5 Å². The molecule has 7 N–H and O–H groups in total. The van der Waals surface area contributed by atoms with Gasteiger partial charge in [0.1, 0.15) is 5.78 Å². The number of unbranched alkanes of at least 4 members (excludes halogenated alkanes) is 2. The molecule has 0 saturated heterocycles. The van der Waals surface area contributed by atoms with Crippen molar-refractivity contribution in [3.05, 3.63) is 47.5 Å². The van der Waals surface area contributed by atoms with E-state index in [1.807, 2.05) is 6.07 Å². The Bertz CT molecular complexity index is 872. The summed E-state index contributed by atoms with van der Waals surface area (Å²) >= 11 is 0. The average Bonchev–Trinajstić information content (AvgIpc) is 2.76. The van der Waals surface area contributed by atoms with E-state index in [-0.39, 0.29) is 11.8 Å². The van der Waals surface area contributed by atoms with Crippen molar-refractivity contribution in [2.75, 3.05) is 6.54 Å². The first kappa shape index (κ1) is 27.5. The molecule has 0 saturated carbocycles. The van der Waals surface area contributed by atoms with Crippen LogP contribution in [-0.4, -0.2) is 35.6 Å². The zero-order chi connectivity index (χ0) is 24.1. The number of carbonyl (C=O) groups excluding carboxylic acids is 1. The molecule has 2 aromatic carbocycles. The van der Waals surface area contributed by atoms with E-state index < -0.39 is 12.1 Å². The maximum Gasteiger partial charge on any atom is 0.490 e. The van der Waals surface area contributed by atoms with E-state index in [9.17, 15) is 18.0 Å². The number of carboxylic acids is 1. The smallest absolute Gasteiger partial charge is 0.475 e. The summed E-state index contributed by atoms with van der Waals surface area (Å²) in [6, 6.07) is 12.3. The van der Waals surface area contributed by atoms with Crippen molar-refractivity contribution in [2.24, 2.45) is 17.2 Å². The summed E-state index contributed by atoms with van der Waals surface area (Å²) < 4.78 is 31.7. The molecule has 0 aromatic heterocycles. The summed E-state index contributed by atoms with van der Waals surface area (Å²) in [5.74, 6) is -2.58. The maximum absolute atomic E-state index is 12.1. The van der Waals surface area contributed by atoms with Crippen LogP contribution in [0.1, 0.15) is 49.7 Å². The molecule has 0 radical (unpaired) electrons. The topological polar surface area (TPSA) is 132 Å². The Balaban J connectivity index is 0.000000633. The minimum absolute atomic E-state index is 0.176. The number of Topliss-reactive ketones (excluding diaryl/α,β-unsaturated/α-hetero) is 1. The van der Waals surface area contributed by atoms with Crippen molar-refractivity contribution in [2.45, 2.75) is 63.7 Å². The number of hydrogen-bond acceptors (Lipinski definition) is 5. The Labute approximate surface area is 185 Å². The molecular weight excluding hydrogens is 423 g/mol.